The van der Waals surface area contributed by atoms with E-state index in [1.807, 2.05) is 47.7 Å². The molecule has 0 aliphatic rings. The maximum Gasteiger partial charge on any atom is 0.164 e. The molecule has 0 radical (unpaired) electrons. The molecule has 0 amide bonds. The summed E-state index contributed by atoms with van der Waals surface area (Å²) in [5, 5.41) is 2.34. The Labute approximate surface area is 288 Å². The molecule has 49 heavy (non-hydrogen) atoms. The van der Waals surface area contributed by atoms with E-state index < -0.39 is 0 Å². The minimum Gasteiger partial charge on any atom is -0.208 e. The minimum absolute atomic E-state index is 0.652. The van der Waals surface area contributed by atoms with Gasteiger partial charge in [0, 0.05) is 42.4 Å². The third-order valence-corrected chi connectivity index (χ3v) is 10.2. The van der Waals surface area contributed by atoms with Crippen LogP contribution in [0.4, 0.5) is 0 Å². The SMILES string of the molecule is c1ccc(-c2cc(-c3ccccc3)c3sc4c(-c5ccccc5)ccc(-c5nc(-c6ccccc6)nc(-c6ccccc6)n5)c4c3c2)cc1. The molecule has 3 nitrogen and oxygen atoms in total. The molecule has 4 heteroatoms. The zero-order valence-electron chi connectivity index (χ0n) is 26.5. The summed E-state index contributed by atoms with van der Waals surface area (Å²) in [6, 6.07) is 61.5. The molecule has 7 aromatic carbocycles. The van der Waals surface area contributed by atoms with Crippen LogP contribution in [0.2, 0.25) is 0 Å². The third kappa shape index (κ3) is 5.38. The van der Waals surface area contributed by atoms with Crippen molar-refractivity contribution in [2.24, 2.45) is 0 Å². The monoisotopic (exact) mass is 643 g/mol. The lowest BCUT2D eigenvalue weighted by Crippen LogP contribution is -2.00. The van der Waals surface area contributed by atoms with Crippen LogP contribution in [0.5, 0.6) is 0 Å². The van der Waals surface area contributed by atoms with Gasteiger partial charge in [-0.3, -0.25) is 0 Å². The summed E-state index contributed by atoms with van der Waals surface area (Å²) in [6.07, 6.45) is 0. The van der Waals surface area contributed by atoms with E-state index in [-0.39, 0.29) is 0 Å². The van der Waals surface area contributed by atoms with Crippen LogP contribution >= 0.6 is 11.3 Å². The molecule has 0 bridgehead atoms. The normalized spacial score (nSPS) is 11.3. The minimum atomic E-state index is 0.652. The highest BCUT2D eigenvalue weighted by atomic mass is 32.1. The van der Waals surface area contributed by atoms with Crippen molar-refractivity contribution in [1.82, 2.24) is 15.0 Å². The van der Waals surface area contributed by atoms with Crippen LogP contribution in [0, 0.1) is 0 Å². The number of aromatic nitrogens is 3. The van der Waals surface area contributed by atoms with E-state index in [0.29, 0.717) is 17.5 Å². The van der Waals surface area contributed by atoms with E-state index in [0.717, 1.165) is 22.1 Å². The van der Waals surface area contributed by atoms with Crippen molar-refractivity contribution in [2.75, 3.05) is 0 Å². The number of rotatable bonds is 6. The fourth-order valence-electron chi connectivity index (χ4n) is 6.57. The Bertz CT molecular complexity index is 2510. The summed E-state index contributed by atoms with van der Waals surface area (Å²) in [5.41, 5.74) is 10.0. The molecule has 2 heterocycles. The first-order valence-electron chi connectivity index (χ1n) is 16.4. The highest BCUT2D eigenvalue weighted by Gasteiger charge is 2.22. The highest BCUT2D eigenvalue weighted by molar-refractivity contribution is 7.27. The van der Waals surface area contributed by atoms with Crippen molar-refractivity contribution in [3.63, 3.8) is 0 Å². The van der Waals surface area contributed by atoms with Gasteiger partial charge in [-0.25, -0.2) is 15.0 Å². The first kappa shape index (κ1) is 29.0. The van der Waals surface area contributed by atoms with E-state index in [2.05, 4.69) is 140 Å². The molecule has 0 aliphatic carbocycles. The van der Waals surface area contributed by atoms with E-state index in [1.165, 1.54) is 48.2 Å². The Balaban J connectivity index is 1.40. The second kappa shape index (κ2) is 12.4. The van der Waals surface area contributed by atoms with E-state index >= 15 is 0 Å². The van der Waals surface area contributed by atoms with Gasteiger partial charge in [-0.2, -0.15) is 0 Å². The molecule has 0 unspecified atom stereocenters. The van der Waals surface area contributed by atoms with Crippen LogP contribution in [-0.2, 0) is 0 Å². The van der Waals surface area contributed by atoms with Gasteiger partial charge < -0.3 is 0 Å². The molecule has 0 fully saturated rings. The molecule has 0 spiro atoms. The van der Waals surface area contributed by atoms with Gasteiger partial charge in [-0.1, -0.05) is 158 Å². The summed E-state index contributed by atoms with van der Waals surface area (Å²) >= 11 is 1.85. The van der Waals surface area contributed by atoms with Gasteiger partial charge in [-0.15, -0.1) is 11.3 Å². The highest BCUT2D eigenvalue weighted by Crippen LogP contribution is 2.48. The zero-order chi connectivity index (χ0) is 32.6. The first-order chi connectivity index (χ1) is 24.3. The van der Waals surface area contributed by atoms with Gasteiger partial charge in [0.2, 0.25) is 0 Å². The summed E-state index contributed by atoms with van der Waals surface area (Å²) in [5.74, 6) is 1.96. The maximum atomic E-state index is 5.18. The Kier molecular flexibility index (Phi) is 7.34. The predicted molar refractivity (Wildman–Crippen MR) is 205 cm³/mol. The second-order valence-electron chi connectivity index (χ2n) is 12.0. The Morgan fingerprint density at radius 2 is 0.735 bits per heavy atom. The topological polar surface area (TPSA) is 38.7 Å². The fraction of sp³-hybridized carbons (Fsp3) is 0. The third-order valence-electron chi connectivity index (χ3n) is 8.94. The van der Waals surface area contributed by atoms with Gasteiger partial charge in [0.05, 0.1) is 0 Å². The predicted octanol–water partition coefficient (Wildman–Crippen LogP) is 12.2. The van der Waals surface area contributed by atoms with Crippen molar-refractivity contribution in [2.45, 2.75) is 0 Å². The summed E-state index contributed by atoms with van der Waals surface area (Å²) in [6.45, 7) is 0. The van der Waals surface area contributed by atoms with E-state index in [9.17, 15) is 0 Å². The lowest BCUT2D eigenvalue weighted by molar-refractivity contribution is 1.08. The Morgan fingerprint density at radius 1 is 0.306 bits per heavy atom. The number of hydrogen-bond acceptors (Lipinski definition) is 4. The molecule has 230 valence electrons. The smallest absolute Gasteiger partial charge is 0.164 e. The summed E-state index contributed by atoms with van der Waals surface area (Å²) in [7, 11) is 0. The number of thiophene rings is 1. The summed E-state index contributed by atoms with van der Waals surface area (Å²) < 4.78 is 2.45. The zero-order valence-corrected chi connectivity index (χ0v) is 27.3. The number of nitrogens with zero attached hydrogens (tertiary/aromatic N) is 3. The molecule has 2 aromatic heterocycles. The van der Waals surface area contributed by atoms with Crippen LogP contribution in [0.15, 0.2) is 176 Å². The number of fused-ring (bicyclic) bond motifs is 3. The Hall–Kier alpha value is -6.23. The first-order valence-corrected chi connectivity index (χ1v) is 17.2. The van der Waals surface area contributed by atoms with Gasteiger partial charge in [0.15, 0.2) is 17.5 Å². The van der Waals surface area contributed by atoms with E-state index in [1.54, 1.807) is 0 Å². The molecular formula is C45H29N3S. The van der Waals surface area contributed by atoms with Crippen LogP contribution < -0.4 is 0 Å². The lowest BCUT2D eigenvalue weighted by atomic mass is 9.93. The van der Waals surface area contributed by atoms with Gasteiger partial charge in [0.1, 0.15) is 0 Å². The fourth-order valence-corrected chi connectivity index (χ4v) is 7.95. The van der Waals surface area contributed by atoms with Crippen molar-refractivity contribution in [3.8, 4) is 67.5 Å². The van der Waals surface area contributed by atoms with Crippen molar-refractivity contribution < 1.29 is 0 Å². The van der Waals surface area contributed by atoms with Crippen molar-refractivity contribution in [1.29, 1.82) is 0 Å². The molecule has 9 rings (SSSR count). The van der Waals surface area contributed by atoms with Gasteiger partial charge in [-0.05, 0) is 46.0 Å². The molecule has 0 saturated carbocycles. The van der Waals surface area contributed by atoms with Crippen molar-refractivity contribution >= 4 is 31.5 Å². The number of benzene rings is 7. The molecule has 0 saturated heterocycles. The van der Waals surface area contributed by atoms with Crippen LogP contribution in [0.1, 0.15) is 0 Å². The quantitative estimate of drug-likeness (QED) is 0.181. The summed E-state index contributed by atoms with van der Waals surface area (Å²) in [4.78, 5) is 15.3. The molecular weight excluding hydrogens is 615 g/mol. The van der Waals surface area contributed by atoms with Crippen LogP contribution in [0.3, 0.4) is 0 Å². The molecule has 0 N–H and O–H groups in total. The largest absolute Gasteiger partial charge is 0.208 e. The Morgan fingerprint density at radius 3 is 1.27 bits per heavy atom. The van der Waals surface area contributed by atoms with Crippen LogP contribution in [-0.4, -0.2) is 15.0 Å². The number of hydrogen-bond donors (Lipinski definition) is 0. The standard InChI is InChI=1S/C45H29N3S/c1-6-16-30(17-7-1)35-28-38(32-20-10-3-11-21-32)41-39(29-35)40-37(27-26-36(42(40)49-41)31-18-8-2-9-19-31)45-47-43(33-22-12-4-13-23-33)46-44(48-45)34-24-14-5-15-25-34/h1-29H. The van der Waals surface area contributed by atoms with Crippen LogP contribution in [0.25, 0.3) is 87.7 Å². The molecule has 0 atom stereocenters. The molecule has 0 aliphatic heterocycles. The van der Waals surface area contributed by atoms with Gasteiger partial charge >= 0.3 is 0 Å². The van der Waals surface area contributed by atoms with E-state index in [4.69, 9.17) is 15.0 Å². The second-order valence-corrected chi connectivity index (χ2v) is 13.0. The van der Waals surface area contributed by atoms with Gasteiger partial charge in [0.25, 0.3) is 0 Å². The molecule has 9 aromatic rings. The average Bonchev–Trinajstić information content (AvgIpc) is 3.58. The maximum absolute atomic E-state index is 5.18. The lowest BCUT2D eigenvalue weighted by Gasteiger charge is -2.12. The average molecular weight is 644 g/mol. The van der Waals surface area contributed by atoms with Crippen molar-refractivity contribution in [3.05, 3.63) is 176 Å².